The normalized spacial score (nSPS) is 11.0. The van der Waals surface area contributed by atoms with Gasteiger partial charge in [-0.1, -0.05) is 18.2 Å². The van der Waals surface area contributed by atoms with E-state index in [1.807, 2.05) is 24.3 Å². The molecule has 0 aliphatic rings. The van der Waals surface area contributed by atoms with E-state index in [2.05, 4.69) is 15.3 Å². The second-order valence-electron chi connectivity index (χ2n) is 5.01. The standard InChI is InChI=1S/C17H16N4O3S/c1-23-13-8-4-3-7-12(13)16-19-20-17(25)21(16)18-10-11-6-5-9-14(24-2)15(11)22/h3-10,22H,1-2H3,(H,20,25). The van der Waals surface area contributed by atoms with Crippen LogP contribution in [0.3, 0.4) is 0 Å². The fraction of sp³-hybridized carbons (Fsp3) is 0.118. The first kappa shape index (κ1) is 16.7. The number of aromatic amines is 1. The number of aromatic nitrogens is 3. The highest BCUT2D eigenvalue weighted by molar-refractivity contribution is 7.71. The van der Waals surface area contributed by atoms with Crippen LogP contribution in [0.1, 0.15) is 5.56 Å². The lowest BCUT2D eigenvalue weighted by Gasteiger charge is -2.07. The van der Waals surface area contributed by atoms with E-state index in [1.54, 1.807) is 25.3 Å². The van der Waals surface area contributed by atoms with Crippen LogP contribution in [-0.2, 0) is 0 Å². The van der Waals surface area contributed by atoms with Crippen molar-refractivity contribution in [2.75, 3.05) is 14.2 Å². The number of hydrogen-bond acceptors (Lipinski definition) is 6. The Labute approximate surface area is 149 Å². The molecule has 0 aliphatic carbocycles. The molecule has 0 saturated heterocycles. The Balaban J connectivity index is 2.05. The first-order valence-electron chi connectivity index (χ1n) is 7.37. The van der Waals surface area contributed by atoms with Gasteiger partial charge in [-0.15, -0.1) is 0 Å². The van der Waals surface area contributed by atoms with Crippen LogP contribution in [0.25, 0.3) is 11.4 Å². The highest BCUT2D eigenvalue weighted by atomic mass is 32.1. The smallest absolute Gasteiger partial charge is 0.216 e. The van der Waals surface area contributed by atoms with Gasteiger partial charge in [0.05, 0.1) is 26.0 Å². The number of phenols is 1. The number of ether oxygens (including phenoxy) is 2. The van der Waals surface area contributed by atoms with Gasteiger partial charge in [0.1, 0.15) is 5.75 Å². The van der Waals surface area contributed by atoms with Crippen LogP contribution in [0.5, 0.6) is 17.2 Å². The van der Waals surface area contributed by atoms with E-state index < -0.39 is 0 Å². The van der Waals surface area contributed by atoms with Gasteiger partial charge in [0.25, 0.3) is 0 Å². The maximum atomic E-state index is 10.2. The molecule has 0 bridgehead atoms. The number of para-hydroxylation sites is 2. The van der Waals surface area contributed by atoms with E-state index in [0.717, 1.165) is 5.56 Å². The van der Waals surface area contributed by atoms with E-state index in [1.165, 1.54) is 18.0 Å². The Morgan fingerprint density at radius 2 is 1.84 bits per heavy atom. The Hall–Kier alpha value is -3.13. The minimum atomic E-state index is 0.00241. The fourth-order valence-electron chi connectivity index (χ4n) is 2.33. The van der Waals surface area contributed by atoms with Crippen molar-refractivity contribution in [2.24, 2.45) is 5.10 Å². The van der Waals surface area contributed by atoms with Crippen molar-refractivity contribution in [3.8, 4) is 28.6 Å². The average Bonchev–Trinajstić information content (AvgIpc) is 3.01. The molecular formula is C17H16N4O3S. The molecule has 2 aromatic carbocycles. The van der Waals surface area contributed by atoms with Crippen LogP contribution in [0.2, 0.25) is 0 Å². The molecule has 25 heavy (non-hydrogen) atoms. The van der Waals surface area contributed by atoms with Crippen molar-refractivity contribution >= 4 is 18.4 Å². The predicted molar refractivity (Wildman–Crippen MR) is 97.1 cm³/mol. The van der Waals surface area contributed by atoms with Gasteiger partial charge in [0.2, 0.25) is 4.77 Å². The lowest BCUT2D eigenvalue weighted by atomic mass is 10.2. The summed E-state index contributed by atoms with van der Waals surface area (Å²) in [5, 5.41) is 21.5. The molecule has 0 aliphatic heterocycles. The Morgan fingerprint density at radius 3 is 2.60 bits per heavy atom. The molecule has 0 saturated carbocycles. The van der Waals surface area contributed by atoms with E-state index in [4.69, 9.17) is 21.7 Å². The molecule has 8 heteroatoms. The molecule has 128 valence electrons. The summed E-state index contributed by atoms with van der Waals surface area (Å²) in [6.07, 6.45) is 1.49. The third-order valence-electron chi connectivity index (χ3n) is 3.56. The molecule has 0 fully saturated rings. The van der Waals surface area contributed by atoms with Crippen LogP contribution < -0.4 is 9.47 Å². The van der Waals surface area contributed by atoms with Crippen LogP contribution in [0.15, 0.2) is 47.6 Å². The van der Waals surface area contributed by atoms with Crippen molar-refractivity contribution in [2.45, 2.75) is 0 Å². The molecule has 3 rings (SSSR count). The van der Waals surface area contributed by atoms with Gasteiger partial charge in [0, 0.05) is 5.56 Å². The molecule has 0 unspecified atom stereocenters. The van der Waals surface area contributed by atoms with Gasteiger partial charge in [-0.25, -0.2) is 5.10 Å². The second kappa shape index (κ2) is 7.18. The highest BCUT2D eigenvalue weighted by Gasteiger charge is 2.13. The van der Waals surface area contributed by atoms with Gasteiger partial charge >= 0.3 is 0 Å². The molecular weight excluding hydrogens is 340 g/mol. The molecule has 0 spiro atoms. The van der Waals surface area contributed by atoms with E-state index in [0.29, 0.717) is 27.7 Å². The number of H-pyrrole nitrogens is 1. The topological polar surface area (TPSA) is 84.7 Å². The highest BCUT2D eigenvalue weighted by Crippen LogP contribution is 2.29. The molecule has 0 amide bonds. The van der Waals surface area contributed by atoms with Crippen LogP contribution in [0.4, 0.5) is 0 Å². The molecule has 0 radical (unpaired) electrons. The molecule has 2 N–H and O–H groups in total. The third-order valence-corrected chi connectivity index (χ3v) is 3.82. The zero-order chi connectivity index (χ0) is 17.8. The maximum absolute atomic E-state index is 10.2. The lowest BCUT2D eigenvalue weighted by Crippen LogP contribution is -1.97. The summed E-state index contributed by atoms with van der Waals surface area (Å²) in [6, 6.07) is 12.6. The number of nitrogens with one attached hydrogen (secondary N) is 1. The summed E-state index contributed by atoms with van der Waals surface area (Å²) >= 11 is 5.25. The summed E-state index contributed by atoms with van der Waals surface area (Å²) < 4.78 is 12.2. The number of methoxy groups -OCH3 is 2. The van der Waals surface area contributed by atoms with Crippen molar-refractivity contribution in [1.29, 1.82) is 0 Å². The number of rotatable bonds is 5. The fourth-order valence-corrected chi connectivity index (χ4v) is 2.51. The molecule has 1 aromatic heterocycles. The molecule has 3 aromatic rings. The molecule has 0 atom stereocenters. The maximum Gasteiger partial charge on any atom is 0.216 e. The Bertz CT molecular complexity index is 978. The summed E-state index contributed by atoms with van der Waals surface area (Å²) in [5.74, 6) is 1.52. The van der Waals surface area contributed by atoms with Gasteiger partial charge in [-0.2, -0.15) is 14.9 Å². The summed E-state index contributed by atoms with van der Waals surface area (Å²) in [4.78, 5) is 0. The number of nitrogens with zero attached hydrogens (tertiary/aromatic N) is 3. The molecule has 1 heterocycles. The molecule has 7 nitrogen and oxygen atoms in total. The van der Waals surface area contributed by atoms with Gasteiger partial charge in [-0.05, 0) is 36.5 Å². The number of benzene rings is 2. The van der Waals surface area contributed by atoms with Crippen molar-refractivity contribution in [3.63, 3.8) is 0 Å². The second-order valence-corrected chi connectivity index (χ2v) is 5.39. The van der Waals surface area contributed by atoms with Gasteiger partial charge < -0.3 is 14.6 Å². The van der Waals surface area contributed by atoms with Crippen LogP contribution in [-0.4, -0.2) is 40.4 Å². The predicted octanol–water partition coefficient (Wildman–Crippen LogP) is 3.21. The number of hydrogen-bond donors (Lipinski definition) is 2. The van der Waals surface area contributed by atoms with Crippen molar-refractivity contribution < 1.29 is 14.6 Å². The summed E-state index contributed by atoms with van der Waals surface area (Å²) in [5.41, 5.74) is 1.23. The van der Waals surface area contributed by atoms with Crippen LogP contribution >= 0.6 is 12.2 Å². The zero-order valence-electron chi connectivity index (χ0n) is 13.6. The van der Waals surface area contributed by atoms with Gasteiger partial charge in [-0.3, -0.25) is 0 Å². The third kappa shape index (κ3) is 3.24. The van der Waals surface area contributed by atoms with Gasteiger partial charge in [0.15, 0.2) is 17.3 Å². The zero-order valence-corrected chi connectivity index (χ0v) is 14.4. The first-order valence-corrected chi connectivity index (χ1v) is 7.77. The monoisotopic (exact) mass is 356 g/mol. The Morgan fingerprint density at radius 1 is 1.12 bits per heavy atom. The van der Waals surface area contributed by atoms with Crippen molar-refractivity contribution in [3.05, 3.63) is 52.8 Å². The van der Waals surface area contributed by atoms with E-state index in [-0.39, 0.29) is 5.75 Å². The Kier molecular flexibility index (Phi) is 4.80. The minimum Gasteiger partial charge on any atom is -0.504 e. The summed E-state index contributed by atoms with van der Waals surface area (Å²) in [7, 11) is 3.07. The lowest BCUT2D eigenvalue weighted by molar-refractivity contribution is 0.373. The van der Waals surface area contributed by atoms with Crippen LogP contribution in [0, 0.1) is 4.77 Å². The number of aromatic hydroxyl groups is 1. The first-order chi connectivity index (χ1) is 12.2. The van der Waals surface area contributed by atoms with E-state index in [9.17, 15) is 5.11 Å². The average molecular weight is 356 g/mol. The van der Waals surface area contributed by atoms with E-state index >= 15 is 0 Å². The number of phenolic OH excluding ortho intramolecular Hbond substituents is 1. The summed E-state index contributed by atoms with van der Waals surface area (Å²) in [6.45, 7) is 0. The largest absolute Gasteiger partial charge is 0.504 e. The quantitative estimate of drug-likeness (QED) is 0.542. The SMILES string of the molecule is COc1ccccc1-c1n[nH]c(=S)n1N=Cc1cccc(OC)c1O. The minimum absolute atomic E-state index is 0.00241. The van der Waals surface area contributed by atoms with Crippen molar-refractivity contribution in [1.82, 2.24) is 14.9 Å².